The van der Waals surface area contributed by atoms with Gasteiger partial charge in [0.05, 0.1) is 34.6 Å². The highest BCUT2D eigenvalue weighted by atomic mass is 35.5. The molecule has 0 unspecified atom stereocenters. The Labute approximate surface area is 262 Å². The van der Waals surface area contributed by atoms with Gasteiger partial charge in [0.15, 0.2) is 6.20 Å². The van der Waals surface area contributed by atoms with E-state index in [0.717, 1.165) is 0 Å². The molecule has 0 fully saturated rings. The Kier molecular flexibility index (Phi) is 8.91. The van der Waals surface area contributed by atoms with Gasteiger partial charge >= 0.3 is 12.7 Å². The highest BCUT2D eigenvalue weighted by Gasteiger charge is 2.33. The van der Waals surface area contributed by atoms with Crippen LogP contribution in [-0.2, 0) is 9.53 Å². The molecule has 0 spiro atoms. The molecule has 11 nitrogen and oxygen atoms in total. The third-order valence-electron chi connectivity index (χ3n) is 7.73. The molecule has 0 aliphatic carbocycles. The fourth-order valence-electron chi connectivity index (χ4n) is 5.32. The molecule has 3 aromatic heterocycles. The molecule has 1 aromatic carbocycles. The first kappa shape index (κ1) is 31.6. The number of imidazole rings is 1. The Bertz CT molecular complexity index is 1760. The topological polar surface area (TPSA) is 145 Å². The van der Waals surface area contributed by atoms with E-state index in [9.17, 15) is 23.6 Å². The number of halogens is 3. The number of hydrogen-bond acceptors (Lipinski definition) is 7. The normalized spacial score (nSPS) is 16.2. The van der Waals surface area contributed by atoms with E-state index in [1.54, 1.807) is 30.3 Å². The predicted molar refractivity (Wildman–Crippen MR) is 163 cm³/mol. The Morgan fingerprint density at radius 3 is 2.71 bits per heavy atom. The first-order valence-corrected chi connectivity index (χ1v) is 14.4. The first-order chi connectivity index (χ1) is 21.4. The zero-order valence-corrected chi connectivity index (χ0v) is 25.7. The summed E-state index contributed by atoms with van der Waals surface area (Å²) in [5, 5.41) is 19.4. The molecule has 0 saturated carbocycles. The molecule has 45 heavy (non-hydrogen) atoms. The summed E-state index contributed by atoms with van der Waals surface area (Å²) in [7, 11) is 1.26. The van der Waals surface area contributed by atoms with Gasteiger partial charge in [-0.25, -0.2) is 14.8 Å². The maximum absolute atomic E-state index is 13.6. The fraction of sp³-hybridized carbons (Fsp3) is 0.323. The molecule has 4 aromatic rings. The Morgan fingerprint density at radius 1 is 1.22 bits per heavy atom. The van der Waals surface area contributed by atoms with Crippen molar-refractivity contribution in [3.8, 4) is 28.3 Å². The minimum absolute atomic E-state index is 0.138. The van der Waals surface area contributed by atoms with Gasteiger partial charge in [-0.15, -0.1) is 0 Å². The number of nitrogens with one attached hydrogen (secondary N) is 3. The maximum atomic E-state index is 13.6. The third kappa shape index (κ3) is 6.83. The summed E-state index contributed by atoms with van der Waals surface area (Å²) in [5.74, 6) is -0.535. The van der Waals surface area contributed by atoms with Crippen LogP contribution in [-0.4, -0.2) is 40.7 Å². The van der Waals surface area contributed by atoms with Crippen LogP contribution in [0.1, 0.15) is 56.2 Å². The van der Waals surface area contributed by atoms with Crippen LogP contribution < -0.4 is 20.1 Å². The zero-order valence-electron chi connectivity index (χ0n) is 24.9. The molecule has 1 aliphatic rings. The number of rotatable bonds is 5. The largest absolute Gasteiger partial charge is 0.618 e. The molecule has 2 bridgehead atoms. The number of pyridine rings is 2. The molecule has 1 aliphatic heterocycles. The second-order valence-electron chi connectivity index (χ2n) is 11.3. The van der Waals surface area contributed by atoms with Gasteiger partial charge in [0, 0.05) is 34.6 Å². The number of aromatic amines is 1. The Hall–Kier alpha value is -4.78. The molecule has 236 valence electrons. The number of anilines is 2. The summed E-state index contributed by atoms with van der Waals surface area (Å²) in [5.41, 5.74) is 2.74. The van der Waals surface area contributed by atoms with E-state index < -0.39 is 24.0 Å². The number of aromatic nitrogens is 4. The molecule has 0 saturated heterocycles. The van der Waals surface area contributed by atoms with Crippen molar-refractivity contribution in [1.82, 2.24) is 15.0 Å². The van der Waals surface area contributed by atoms with Crippen molar-refractivity contribution in [2.75, 3.05) is 17.7 Å². The number of carbonyl (C=O) groups is 2. The molecule has 5 rings (SSSR count). The Balaban J connectivity index is 1.59. The van der Waals surface area contributed by atoms with Gasteiger partial charge < -0.3 is 25.0 Å². The number of ether oxygens (including phenoxy) is 2. The van der Waals surface area contributed by atoms with Crippen molar-refractivity contribution in [3.05, 3.63) is 76.2 Å². The van der Waals surface area contributed by atoms with Crippen molar-refractivity contribution in [2.45, 2.75) is 52.6 Å². The molecule has 0 radical (unpaired) electrons. The lowest BCUT2D eigenvalue weighted by Crippen LogP contribution is -2.34. The molecule has 2 amide bonds. The monoisotopic (exact) mass is 640 g/mol. The number of methoxy groups -OCH3 is 1. The smallest absolute Gasteiger partial charge is 0.411 e. The predicted octanol–water partition coefficient (Wildman–Crippen LogP) is 6.79. The van der Waals surface area contributed by atoms with E-state index in [1.807, 2.05) is 20.8 Å². The minimum atomic E-state index is -3.11. The van der Waals surface area contributed by atoms with Crippen molar-refractivity contribution in [2.24, 2.45) is 5.41 Å². The summed E-state index contributed by atoms with van der Waals surface area (Å²) >= 11 is 6.07. The van der Waals surface area contributed by atoms with Crippen LogP contribution in [0.3, 0.4) is 0 Å². The lowest BCUT2D eigenvalue weighted by molar-refractivity contribution is -0.614. The van der Waals surface area contributed by atoms with Crippen molar-refractivity contribution in [1.29, 1.82) is 0 Å². The maximum Gasteiger partial charge on any atom is 0.411 e. The van der Waals surface area contributed by atoms with Crippen LogP contribution in [0.25, 0.3) is 22.4 Å². The van der Waals surface area contributed by atoms with Gasteiger partial charge in [-0.2, -0.15) is 13.5 Å². The van der Waals surface area contributed by atoms with Gasteiger partial charge in [-0.05, 0) is 50.1 Å². The summed E-state index contributed by atoms with van der Waals surface area (Å²) in [6.45, 7) is 2.41. The number of aryl methyl sites for hydroxylation is 1. The van der Waals surface area contributed by atoms with Crippen LogP contribution in [0.15, 0.2) is 48.8 Å². The van der Waals surface area contributed by atoms with Crippen LogP contribution in [0.4, 0.5) is 25.0 Å². The number of carbonyl (C=O) groups excluding carboxylic acids is 2. The summed E-state index contributed by atoms with van der Waals surface area (Å²) in [6.07, 6.45) is 3.34. The van der Waals surface area contributed by atoms with E-state index in [4.69, 9.17) is 21.3 Å². The number of alkyl halides is 2. The van der Waals surface area contributed by atoms with E-state index in [2.05, 4.69) is 25.3 Å². The van der Waals surface area contributed by atoms with Crippen LogP contribution in [0.2, 0.25) is 5.02 Å². The molecular formula is C31H31ClF2N6O5. The average molecular weight is 641 g/mol. The first-order valence-electron chi connectivity index (χ1n) is 14.1. The van der Waals surface area contributed by atoms with E-state index in [0.29, 0.717) is 63.8 Å². The number of benzene rings is 1. The van der Waals surface area contributed by atoms with Gasteiger partial charge in [-0.3, -0.25) is 10.1 Å². The molecule has 14 heteroatoms. The number of H-pyrrole nitrogens is 1. The molecule has 3 N–H and O–H groups in total. The average Bonchev–Trinajstić information content (AvgIpc) is 3.36. The lowest BCUT2D eigenvalue weighted by atomic mass is 9.83. The van der Waals surface area contributed by atoms with Crippen molar-refractivity contribution >= 4 is 35.0 Å². The van der Waals surface area contributed by atoms with Gasteiger partial charge in [0.2, 0.25) is 17.5 Å². The minimum Gasteiger partial charge on any atom is -0.618 e. The van der Waals surface area contributed by atoms with E-state index in [1.165, 1.54) is 25.6 Å². The van der Waals surface area contributed by atoms with Gasteiger partial charge in [-0.1, -0.05) is 31.9 Å². The summed E-state index contributed by atoms with van der Waals surface area (Å²) in [6, 6.07) is 9.67. The highest BCUT2D eigenvalue weighted by Crippen LogP contribution is 2.39. The molecule has 1 atom stereocenters. The highest BCUT2D eigenvalue weighted by molar-refractivity contribution is 6.30. The molecule has 4 heterocycles. The van der Waals surface area contributed by atoms with Crippen LogP contribution in [0.5, 0.6) is 5.88 Å². The number of hydrogen-bond donors (Lipinski definition) is 3. The SMILES string of the molecule is COC(=O)Nc1ccc2c(c1)NC(=O)C(C)(C)CCC[C@H](c1ccc(-c3cc(Cl)cnc3OC(F)F)c[n+]1[O-])c1nc-2c(C)[nH]1. The third-order valence-corrected chi connectivity index (χ3v) is 7.93. The number of amides is 2. The van der Waals surface area contributed by atoms with Gasteiger partial charge in [0.25, 0.3) is 0 Å². The van der Waals surface area contributed by atoms with Gasteiger partial charge in [0.1, 0.15) is 11.7 Å². The fourth-order valence-corrected chi connectivity index (χ4v) is 5.48. The van der Waals surface area contributed by atoms with E-state index in [-0.39, 0.29) is 27.9 Å². The van der Waals surface area contributed by atoms with E-state index >= 15 is 0 Å². The van der Waals surface area contributed by atoms with Crippen LogP contribution >= 0.6 is 11.6 Å². The van der Waals surface area contributed by atoms with Crippen molar-refractivity contribution in [3.63, 3.8) is 0 Å². The Morgan fingerprint density at radius 2 is 2.00 bits per heavy atom. The van der Waals surface area contributed by atoms with Crippen molar-refractivity contribution < 1.29 is 32.6 Å². The summed E-state index contributed by atoms with van der Waals surface area (Å²) in [4.78, 5) is 37.4. The second-order valence-corrected chi connectivity index (χ2v) is 11.7. The number of fused-ring (bicyclic) bond motifs is 4. The van der Waals surface area contributed by atoms with Crippen LogP contribution in [0, 0.1) is 17.5 Å². The number of nitrogens with zero attached hydrogens (tertiary/aromatic N) is 3. The lowest BCUT2D eigenvalue weighted by Gasteiger charge is -2.26. The quantitative estimate of drug-likeness (QED) is 0.161. The second kappa shape index (κ2) is 12.7. The summed E-state index contributed by atoms with van der Waals surface area (Å²) < 4.78 is 36.0. The standard InChI is InChI=1S/C31H31ClF2N6O5/c1-16-25-20-9-8-19(37-30(42)44-4)13-23(20)38-28(41)31(2,3)11-5-6-21(26(36-16)39-25)24-10-7-17(15-40(24)43)22-12-18(32)14-35-27(22)45-29(33)34/h7-10,12-15,21,29H,5-6,11H2,1-4H3,(H,36,39)(H,37,42)(H,38,41)/t21-/m1/s1. The molecular weight excluding hydrogens is 610 g/mol. The zero-order chi connectivity index (χ0) is 32.5.